The molecule has 2 aromatic carbocycles. The van der Waals surface area contributed by atoms with Gasteiger partial charge in [0.15, 0.2) is 0 Å². The SMILES string of the molecule is CC(OCc1ccccc1)c1ccccc1N. The Morgan fingerprint density at radius 3 is 2.35 bits per heavy atom. The van der Waals surface area contributed by atoms with E-state index in [1.165, 1.54) is 5.56 Å². The van der Waals surface area contributed by atoms with Crippen molar-refractivity contribution in [3.8, 4) is 0 Å². The van der Waals surface area contributed by atoms with Gasteiger partial charge in [-0.25, -0.2) is 0 Å². The van der Waals surface area contributed by atoms with E-state index in [0.29, 0.717) is 6.61 Å². The minimum atomic E-state index is 0.0106. The van der Waals surface area contributed by atoms with Crippen LogP contribution in [0.5, 0.6) is 0 Å². The van der Waals surface area contributed by atoms with Crippen molar-refractivity contribution in [1.29, 1.82) is 0 Å². The number of nitrogens with two attached hydrogens (primary N) is 1. The maximum absolute atomic E-state index is 5.91. The van der Waals surface area contributed by atoms with Gasteiger partial charge in [0.2, 0.25) is 0 Å². The third-order valence-electron chi connectivity index (χ3n) is 2.78. The third-order valence-corrected chi connectivity index (χ3v) is 2.78. The minimum absolute atomic E-state index is 0.0106. The van der Waals surface area contributed by atoms with E-state index < -0.39 is 0 Å². The molecule has 2 heteroatoms. The molecule has 88 valence electrons. The standard InChI is InChI=1S/C15H17NO/c1-12(14-9-5-6-10-15(14)16)17-11-13-7-3-2-4-8-13/h2-10,12H,11,16H2,1H3. The van der Waals surface area contributed by atoms with Crippen molar-refractivity contribution in [1.82, 2.24) is 0 Å². The molecule has 0 amide bonds. The summed E-state index contributed by atoms with van der Waals surface area (Å²) in [4.78, 5) is 0. The van der Waals surface area contributed by atoms with Crippen LogP contribution in [0.15, 0.2) is 54.6 Å². The van der Waals surface area contributed by atoms with Crippen LogP contribution in [0.4, 0.5) is 5.69 Å². The van der Waals surface area contributed by atoms with Crippen LogP contribution in [0.3, 0.4) is 0 Å². The van der Waals surface area contributed by atoms with Crippen LogP contribution in [0.2, 0.25) is 0 Å². The smallest absolute Gasteiger partial charge is 0.0821 e. The van der Waals surface area contributed by atoms with Crippen LogP contribution in [0, 0.1) is 0 Å². The molecule has 0 aromatic heterocycles. The van der Waals surface area contributed by atoms with E-state index in [4.69, 9.17) is 10.5 Å². The minimum Gasteiger partial charge on any atom is -0.398 e. The predicted molar refractivity (Wildman–Crippen MR) is 70.5 cm³/mol. The van der Waals surface area contributed by atoms with Gasteiger partial charge in [0.1, 0.15) is 0 Å². The lowest BCUT2D eigenvalue weighted by molar-refractivity contribution is 0.0530. The Hall–Kier alpha value is -1.80. The summed E-state index contributed by atoms with van der Waals surface area (Å²) in [6.45, 7) is 2.63. The van der Waals surface area contributed by atoms with Gasteiger partial charge in [0.05, 0.1) is 12.7 Å². The summed E-state index contributed by atoms with van der Waals surface area (Å²) in [5, 5.41) is 0. The molecule has 0 saturated heterocycles. The highest BCUT2D eigenvalue weighted by Crippen LogP contribution is 2.23. The van der Waals surface area contributed by atoms with E-state index in [1.807, 2.05) is 49.4 Å². The van der Waals surface area contributed by atoms with Gasteiger partial charge >= 0.3 is 0 Å². The van der Waals surface area contributed by atoms with E-state index in [9.17, 15) is 0 Å². The molecular weight excluding hydrogens is 210 g/mol. The van der Waals surface area contributed by atoms with Crippen LogP contribution >= 0.6 is 0 Å². The number of rotatable bonds is 4. The van der Waals surface area contributed by atoms with E-state index in [2.05, 4.69) is 12.1 Å². The van der Waals surface area contributed by atoms with E-state index in [1.54, 1.807) is 0 Å². The Labute approximate surface area is 102 Å². The lowest BCUT2D eigenvalue weighted by atomic mass is 10.1. The van der Waals surface area contributed by atoms with Crippen molar-refractivity contribution >= 4 is 5.69 Å². The Morgan fingerprint density at radius 2 is 1.65 bits per heavy atom. The van der Waals surface area contributed by atoms with Crippen molar-refractivity contribution in [2.45, 2.75) is 19.6 Å². The Morgan fingerprint density at radius 1 is 1.00 bits per heavy atom. The van der Waals surface area contributed by atoms with Crippen LogP contribution in [0.1, 0.15) is 24.2 Å². The van der Waals surface area contributed by atoms with Gasteiger partial charge in [0, 0.05) is 11.3 Å². The molecule has 0 saturated carbocycles. The normalized spacial score (nSPS) is 12.3. The molecule has 2 nitrogen and oxygen atoms in total. The molecule has 0 heterocycles. The second-order valence-electron chi connectivity index (χ2n) is 4.07. The second-order valence-corrected chi connectivity index (χ2v) is 4.07. The lowest BCUT2D eigenvalue weighted by Crippen LogP contribution is -2.03. The maximum Gasteiger partial charge on any atom is 0.0821 e. The molecule has 0 aliphatic heterocycles. The number of nitrogen functional groups attached to an aromatic ring is 1. The van der Waals surface area contributed by atoms with Crippen molar-refractivity contribution in [3.05, 3.63) is 65.7 Å². The fourth-order valence-electron chi connectivity index (χ4n) is 1.77. The zero-order valence-corrected chi connectivity index (χ0v) is 9.97. The van der Waals surface area contributed by atoms with Crippen molar-refractivity contribution in [2.75, 3.05) is 5.73 Å². The number of benzene rings is 2. The molecule has 0 aliphatic carbocycles. The predicted octanol–water partition coefficient (Wildman–Crippen LogP) is 3.55. The number of para-hydroxylation sites is 1. The Bertz CT molecular complexity index is 467. The highest BCUT2D eigenvalue weighted by atomic mass is 16.5. The summed E-state index contributed by atoms with van der Waals surface area (Å²) in [5.41, 5.74) is 8.92. The maximum atomic E-state index is 5.91. The van der Waals surface area contributed by atoms with Crippen LogP contribution in [-0.4, -0.2) is 0 Å². The average Bonchev–Trinajstić information content (AvgIpc) is 2.38. The lowest BCUT2D eigenvalue weighted by Gasteiger charge is -2.15. The van der Waals surface area contributed by atoms with Gasteiger partial charge in [-0.1, -0.05) is 48.5 Å². The zero-order chi connectivity index (χ0) is 12.1. The quantitative estimate of drug-likeness (QED) is 0.811. The topological polar surface area (TPSA) is 35.2 Å². The molecular formula is C15H17NO. The van der Waals surface area contributed by atoms with Crippen LogP contribution in [0.25, 0.3) is 0 Å². The van der Waals surface area contributed by atoms with Crippen LogP contribution < -0.4 is 5.73 Å². The molecule has 0 fully saturated rings. The second kappa shape index (κ2) is 5.51. The molecule has 1 unspecified atom stereocenters. The fourth-order valence-corrected chi connectivity index (χ4v) is 1.77. The molecule has 0 radical (unpaired) electrons. The van der Waals surface area contributed by atoms with Crippen LogP contribution in [-0.2, 0) is 11.3 Å². The summed E-state index contributed by atoms with van der Waals surface area (Å²) >= 11 is 0. The van der Waals surface area contributed by atoms with Gasteiger partial charge in [-0.2, -0.15) is 0 Å². The molecule has 2 aromatic rings. The summed E-state index contributed by atoms with van der Waals surface area (Å²) in [6.07, 6.45) is 0.0106. The molecule has 0 aliphatic rings. The molecule has 2 N–H and O–H groups in total. The van der Waals surface area contributed by atoms with E-state index in [0.717, 1.165) is 11.3 Å². The zero-order valence-electron chi connectivity index (χ0n) is 9.97. The Kier molecular flexibility index (Phi) is 3.78. The molecule has 1 atom stereocenters. The third kappa shape index (κ3) is 3.08. The highest BCUT2D eigenvalue weighted by Gasteiger charge is 2.08. The Balaban J connectivity index is 1.99. The van der Waals surface area contributed by atoms with Gasteiger partial charge in [0.25, 0.3) is 0 Å². The number of ether oxygens (including phenoxy) is 1. The summed E-state index contributed by atoms with van der Waals surface area (Å²) in [7, 11) is 0. The van der Waals surface area contributed by atoms with Crippen molar-refractivity contribution in [3.63, 3.8) is 0 Å². The monoisotopic (exact) mass is 227 g/mol. The van der Waals surface area contributed by atoms with Gasteiger partial charge in [-0.3, -0.25) is 0 Å². The first-order valence-corrected chi connectivity index (χ1v) is 5.77. The average molecular weight is 227 g/mol. The van der Waals surface area contributed by atoms with Gasteiger partial charge in [-0.05, 0) is 18.6 Å². The fraction of sp³-hybridized carbons (Fsp3) is 0.200. The first kappa shape index (κ1) is 11.7. The molecule has 0 spiro atoms. The molecule has 0 bridgehead atoms. The summed E-state index contributed by atoms with van der Waals surface area (Å²) < 4.78 is 5.81. The highest BCUT2D eigenvalue weighted by molar-refractivity contribution is 5.47. The number of hydrogen-bond donors (Lipinski definition) is 1. The number of anilines is 1. The van der Waals surface area contributed by atoms with Gasteiger partial charge in [-0.15, -0.1) is 0 Å². The summed E-state index contributed by atoms with van der Waals surface area (Å²) in [6, 6.07) is 18.0. The molecule has 17 heavy (non-hydrogen) atoms. The van der Waals surface area contributed by atoms with Crippen molar-refractivity contribution < 1.29 is 4.74 Å². The van der Waals surface area contributed by atoms with Gasteiger partial charge < -0.3 is 10.5 Å². The van der Waals surface area contributed by atoms with E-state index in [-0.39, 0.29) is 6.10 Å². The largest absolute Gasteiger partial charge is 0.398 e. The molecule has 2 rings (SSSR count). The van der Waals surface area contributed by atoms with E-state index >= 15 is 0 Å². The first-order valence-electron chi connectivity index (χ1n) is 5.77. The summed E-state index contributed by atoms with van der Waals surface area (Å²) in [5.74, 6) is 0. The van der Waals surface area contributed by atoms with Crippen molar-refractivity contribution in [2.24, 2.45) is 0 Å². The first-order chi connectivity index (χ1) is 8.27. The number of hydrogen-bond acceptors (Lipinski definition) is 2.